The molecule has 0 unspecified atom stereocenters. The van der Waals surface area contributed by atoms with Crippen LogP contribution in [0.1, 0.15) is 68.7 Å². The topological polar surface area (TPSA) is 92.2 Å². The van der Waals surface area contributed by atoms with Crippen LogP contribution in [0.4, 0.5) is 5.13 Å². The van der Waals surface area contributed by atoms with Crippen LogP contribution in [0.3, 0.4) is 0 Å². The normalized spacial score (nSPS) is 25.9. The number of carboxylic acids is 1. The smallest absolute Gasteiger partial charge is 0.307 e. The van der Waals surface area contributed by atoms with E-state index in [0.717, 1.165) is 30.7 Å². The van der Waals surface area contributed by atoms with E-state index < -0.39 is 17.8 Å². The van der Waals surface area contributed by atoms with Crippen LogP contribution in [0.2, 0.25) is 0 Å². The number of aromatic nitrogens is 2. The largest absolute Gasteiger partial charge is 0.481 e. The van der Waals surface area contributed by atoms with Crippen LogP contribution in [0.15, 0.2) is 0 Å². The molecule has 23 heavy (non-hydrogen) atoms. The van der Waals surface area contributed by atoms with E-state index in [0.29, 0.717) is 23.9 Å². The van der Waals surface area contributed by atoms with E-state index >= 15 is 0 Å². The number of carboxylic acid groups (broad SMARTS) is 1. The highest BCUT2D eigenvalue weighted by Gasteiger charge is 2.36. The third-order valence-electron chi connectivity index (χ3n) is 5.05. The number of anilines is 1. The van der Waals surface area contributed by atoms with Gasteiger partial charge in [0.1, 0.15) is 5.01 Å². The molecule has 0 aliphatic heterocycles. The fraction of sp³-hybridized carbons (Fsp3) is 0.750. The molecule has 6 nitrogen and oxygen atoms in total. The number of carbonyl (C=O) groups excluding carboxylic acids is 1. The van der Waals surface area contributed by atoms with Crippen LogP contribution < -0.4 is 5.32 Å². The van der Waals surface area contributed by atoms with Crippen molar-refractivity contribution in [2.24, 2.45) is 11.8 Å². The molecule has 0 radical (unpaired) electrons. The molecular weight excluding hydrogens is 314 g/mol. The second-order valence-electron chi connectivity index (χ2n) is 6.61. The Morgan fingerprint density at radius 3 is 2.30 bits per heavy atom. The Balaban J connectivity index is 1.63. The fourth-order valence-corrected chi connectivity index (χ4v) is 4.65. The maximum atomic E-state index is 12.4. The first-order valence-electron chi connectivity index (χ1n) is 8.52. The van der Waals surface area contributed by atoms with Crippen LogP contribution in [0.25, 0.3) is 0 Å². The molecule has 2 atom stereocenters. The fourth-order valence-electron chi connectivity index (χ4n) is 3.74. The van der Waals surface area contributed by atoms with Gasteiger partial charge in [0.25, 0.3) is 0 Å². The molecule has 2 N–H and O–H groups in total. The maximum absolute atomic E-state index is 12.4. The Hall–Kier alpha value is -1.50. The number of nitrogens with one attached hydrogen (secondary N) is 1. The Bertz CT molecular complexity index is 569. The Labute approximate surface area is 139 Å². The molecule has 7 heteroatoms. The summed E-state index contributed by atoms with van der Waals surface area (Å²) >= 11 is 1.44. The van der Waals surface area contributed by atoms with Crippen LogP contribution in [-0.4, -0.2) is 27.2 Å². The minimum absolute atomic E-state index is 0.219. The molecule has 0 aromatic carbocycles. The molecule has 1 amide bonds. The quantitative estimate of drug-likeness (QED) is 0.878. The zero-order chi connectivity index (χ0) is 16.2. The summed E-state index contributed by atoms with van der Waals surface area (Å²) in [6.45, 7) is 0. The van der Waals surface area contributed by atoms with E-state index in [2.05, 4.69) is 15.5 Å². The van der Waals surface area contributed by atoms with Gasteiger partial charge in [-0.1, -0.05) is 43.4 Å². The molecule has 3 rings (SSSR count). The maximum Gasteiger partial charge on any atom is 0.307 e. The molecular formula is C16H23N3O3S. The zero-order valence-electron chi connectivity index (χ0n) is 13.2. The molecule has 0 bridgehead atoms. The van der Waals surface area contributed by atoms with Gasteiger partial charge >= 0.3 is 5.97 Å². The second kappa shape index (κ2) is 7.38. The molecule has 126 valence electrons. The summed E-state index contributed by atoms with van der Waals surface area (Å²) in [6.07, 6.45) is 9.04. The van der Waals surface area contributed by atoms with Crippen LogP contribution in [-0.2, 0) is 9.59 Å². The number of amides is 1. The van der Waals surface area contributed by atoms with Gasteiger partial charge in [0.05, 0.1) is 11.8 Å². The van der Waals surface area contributed by atoms with Gasteiger partial charge in [0.15, 0.2) is 0 Å². The summed E-state index contributed by atoms with van der Waals surface area (Å²) in [6, 6.07) is 0. The lowest BCUT2D eigenvalue weighted by molar-refractivity contribution is -0.147. The molecule has 1 aromatic rings. The van der Waals surface area contributed by atoms with Crippen molar-refractivity contribution in [2.45, 2.75) is 63.7 Å². The number of aliphatic carboxylic acids is 1. The molecule has 0 saturated heterocycles. The standard InChI is InChI=1S/C16H23N3O3S/c20-13(11-8-4-5-9-12(11)15(21)22)17-16-19-18-14(23-16)10-6-2-1-3-7-10/h10-12H,1-9H2,(H,21,22)(H,17,19,20)/t11-,12+/m1/s1. The second-order valence-corrected chi connectivity index (χ2v) is 7.61. The van der Waals surface area contributed by atoms with Gasteiger partial charge in [-0.05, 0) is 25.7 Å². The third kappa shape index (κ3) is 3.88. The summed E-state index contributed by atoms with van der Waals surface area (Å²) < 4.78 is 0. The summed E-state index contributed by atoms with van der Waals surface area (Å²) in [7, 11) is 0. The van der Waals surface area contributed by atoms with Gasteiger partial charge in [-0.15, -0.1) is 10.2 Å². The molecule has 2 aliphatic carbocycles. The molecule has 2 fully saturated rings. The average molecular weight is 337 g/mol. The highest BCUT2D eigenvalue weighted by atomic mass is 32.1. The van der Waals surface area contributed by atoms with Crippen molar-refractivity contribution in [3.05, 3.63) is 5.01 Å². The minimum Gasteiger partial charge on any atom is -0.481 e. The van der Waals surface area contributed by atoms with Crippen molar-refractivity contribution in [1.82, 2.24) is 10.2 Å². The number of hydrogen-bond acceptors (Lipinski definition) is 5. The first-order valence-corrected chi connectivity index (χ1v) is 9.34. The van der Waals surface area contributed by atoms with Gasteiger partial charge in [-0.2, -0.15) is 0 Å². The lowest BCUT2D eigenvalue weighted by Gasteiger charge is -2.26. The van der Waals surface area contributed by atoms with Gasteiger partial charge in [-0.3, -0.25) is 9.59 Å². The van der Waals surface area contributed by atoms with E-state index in [9.17, 15) is 14.7 Å². The van der Waals surface area contributed by atoms with E-state index in [4.69, 9.17) is 0 Å². The first-order chi connectivity index (χ1) is 11.1. The van der Waals surface area contributed by atoms with E-state index in [-0.39, 0.29) is 5.91 Å². The molecule has 0 spiro atoms. The van der Waals surface area contributed by atoms with Crippen molar-refractivity contribution >= 4 is 28.3 Å². The zero-order valence-corrected chi connectivity index (χ0v) is 14.0. The van der Waals surface area contributed by atoms with Crippen LogP contribution >= 0.6 is 11.3 Å². The third-order valence-corrected chi connectivity index (χ3v) is 6.05. The molecule has 2 aliphatic rings. The van der Waals surface area contributed by atoms with E-state index in [1.165, 1.54) is 30.6 Å². The van der Waals surface area contributed by atoms with Crippen molar-refractivity contribution in [3.8, 4) is 0 Å². The summed E-state index contributed by atoms with van der Waals surface area (Å²) in [5.41, 5.74) is 0. The summed E-state index contributed by atoms with van der Waals surface area (Å²) in [5, 5.41) is 21.9. The van der Waals surface area contributed by atoms with Crippen molar-refractivity contribution in [3.63, 3.8) is 0 Å². The van der Waals surface area contributed by atoms with Crippen molar-refractivity contribution < 1.29 is 14.7 Å². The monoisotopic (exact) mass is 337 g/mol. The van der Waals surface area contributed by atoms with Crippen molar-refractivity contribution in [1.29, 1.82) is 0 Å². The van der Waals surface area contributed by atoms with Crippen LogP contribution in [0, 0.1) is 11.8 Å². The first kappa shape index (κ1) is 16.4. The predicted octanol–water partition coefficient (Wildman–Crippen LogP) is 3.42. The number of nitrogens with zero attached hydrogens (tertiary/aromatic N) is 2. The van der Waals surface area contributed by atoms with Crippen molar-refractivity contribution in [2.75, 3.05) is 5.32 Å². The van der Waals surface area contributed by atoms with Gasteiger partial charge in [0, 0.05) is 5.92 Å². The Morgan fingerprint density at radius 1 is 0.957 bits per heavy atom. The van der Waals surface area contributed by atoms with E-state index in [1.807, 2.05) is 0 Å². The number of carbonyl (C=O) groups is 2. The van der Waals surface area contributed by atoms with Gasteiger partial charge in [-0.25, -0.2) is 0 Å². The van der Waals surface area contributed by atoms with E-state index in [1.54, 1.807) is 0 Å². The number of hydrogen-bond donors (Lipinski definition) is 2. The number of rotatable bonds is 4. The van der Waals surface area contributed by atoms with Crippen LogP contribution in [0.5, 0.6) is 0 Å². The molecule has 1 aromatic heterocycles. The highest BCUT2D eigenvalue weighted by molar-refractivity contribution is 7.15. The molecule has 2 saturated carbocycles. The average Bonchev–Trinajstić information content (AvgIpc) is 3.04. The minimum atomic E-state index is -0.870. The lowest BCUT2D eigenvalue weighted by Crippen LogP contribution is -2.36. The Kier molecular flexibility index (Phi) is 5.25. The predicted molar refractivity (Wildman–Crippen MR) is 87.4 cm³/mol. The summed E-state index contributed by atoms with van der Waals surface area (Å²) in [5.74, 6) is -1.65. The highest BCUT2D eigenvalue weighted by Crippen LogP contribution is 2.36. The Morgan fingerprint density at radius 2 is 1.61 bits per heavy atom. The summed E-state index contributed by atoms with van der Waals surface area (Å²) in [4.78, 5) is 23.8. The molecule has 1 heterocycles. The lowest BCUT2D eigenvalue weighted by atomic mass is 9.79. The van der Waals surface area contributed by atoms with Gasteiger partial charge < -0.3 is 10.4 Å². The SMILES string of the molecule is O=C(O)[C@H]1CCCC[C@H]1C(=O)Nc1nnc(C2CCCCC2)s1. The van der Waals surface area contributed by atoms with Gasteiger partial charge in [0.2, 0.25) is 11.0 Å².